The van der Waals surface area contributed by atoms with E-state index in [1.54, 1.807) is 31.2 Å². The first-order valence-corrected chi connectivity index (χ1v) is 15.9. The molecule has 0 bridgehead atoms. The number of carbonyl (C=O) groups is 2. The molecule has 2 aliphatic rings. The van der Waals surface area contributed by atoms with Crippen LogP contribution in [0.3, 0.4) is 0 Å². The van der Waals surface area contributed by atoms with Crippen LogP contribution in [0.25, 0.3) is 0 Å². The first kappa shape index (κ1) is 32.8. The van der Waals surface area contributed by atoms with Crippen molar-refractivity contribution in [3.8, 4) is 0 Å². The molecular formula is C36H41ClN2O6. The average molecular weight is 633 g/mol. The molecule has 3 aromatic carbocycles. The molecule has 0 saturated carbocycles. The van der Waals surface area contributed by atoms with E-state index in [9.17, 15) is 19.8 Å². The number of rotatable bonds is 13. The number of hydrogen-bond donors (Lipinski definition) is 2. The molecule has 0 spiro atoms. The van der Waals surface area contributed by atoms with Crippen molar-refractivity contribution in [2.75, 3.05) is 46.1 Å². The molecule has 1 saturated heterocycles. The van der Waals surface area contributed by atoms with Crippen molar-refractivity contribution in [1.82, 2.24) is 4.90 Å². The number of aliphatic carboxylic acids is 2. The smallest absolute Gasteiger partial charge is 0.312 e. The zero-order valence-electron chi connectivity index (χ0n) is 25.6. The number of halogens is 1. The summed E-state index contributed by atoms with van der Waals surface area (Å²) < 4.78 is 11.4. The monoisotopic (exact) mass is 632 g/mol. The lowest BCUT2D eigenvalue weighted by atomic mass is 9.57. The Kier molecular flexibility index (Phi) is 11.0. The highest BCUT2D eigenvalue weighted by Crippen LogP contribution is 2.53. The summed E-state index contributed by atoms with van der Waals surface area (Å²) in [5.74, 6) is -4.42. The second-order valence-electron chi connectivity index (χ2n) is 11.9. The van der Waals surface area contributed by atoms with Gasteiger partial charge in [0.1, 0.15) is 5.92 Å². The number of carboxylic acid groups (broad SMARTS) is 2. The van der Waals surface area contributed by atoms with Crippen molar-refractivity contribution in [3.05, 3.63) is 107 Å². The van der Waals surface area contributed by atoms with Crippen LogP contribution in [0.15, 0.2) is 89.9 Å². The van der Waals surface area contributed by atoms with E-state index in [4.69, 9.17) is 26.1 Å². The third-order valence-electron chi connectivity index (χ3n) is 9.38. The summed E-state index contributed by atoms with van der Waals surface area (Å²) in [6.45, 7) is 5.90. The van der Waals surface area contributed by atoms with Crippen molar-refractivity contribution in [2.24, 2.45) is 16.3 Å². The lowest BCUT2D eigenvalue weighted by Crippen LogP contribution is -2.55. The molecule has 0 aromatic heterocycles. The fourth-order valence-electron chi connectivity index (χ4n) is 7.05. The van der Waals surface area contributed by atoms with Gasteiger partial charge in [-0.05, 0) is 48.6 Å². The first-order valence-electron chi connectivity index (χ1n) is 15.6. The Hall–Kier alpha value is -3.56. The zero-order chi connectivity index (χ0) is 31.8. The van der Waals surface area contributed by atoms with Crippen LogP contribution in [0.1, 0.15) is 48.3 Å². The molecule has 0 amide bonds. The van der Waals surface area contributed by atoms with Crippen LogP contribution in [0.4, 0.5) is 0 Å². The van der Waals surface area contributed by atoms with Gasteiger partial charge >= 0.3 is 11.9 Å². The summed E-state index contributed by atoms with van der Waals surface area (Å²) in [6, 6.07) is 26.2. The van der Waals surface area contributed by atoms with Crippen LogP contribution in [0, 0.1) is 11.3 Å². The Morgan fingerprint density at radius 3 is 2.22 bits per heavy atom. The Morgan fingerprint density at radius 2 is 1.64 bits per heavy atom. The van der Waals surface area contributed by atoms with E-state index in [2.05, 4.69) is 29.2 Å². The molecule has 4 atom stereocenters. The van der Waals surface area contributed by atoms with Crippen LogP contribution >= 0.6 is 11.6 Å². The van der Waals surface area contributed by atoms with E-state index >= 15 is 0 Å². The summed E-state index contributed by atoms with van der Waals surface area (Å²) in [6.07, 6.45) is 0.683. The maximum Gasteiger partial charge on any atom is 0.312 e. The number of morpholine rings is 1. The highest BCUT2D eigenvalue weighted by atomic mass is 35.5. The van der Waals surface area contributed by atoms with E-state index in [-0.39, 0.29) is 18.9 Å². The van der Waals surface area contributed by atoms with Crippen molar-refractivity contribution in [3.63, 3.8) is 0 Å². The van der Waals surface area contributed by atoms with Gasteiger partial charge in [0.25, 0.3) is 0 Å². The number of ether oxygens (including phenoxy) is 2. The largest absolute Gasteiger partial charge is 0.481 e. The van der Waals surface area contributed by atoms with Gasteiger partial charge in [0, 0.05) is 36.5 Å². The predicted octanol–water partition coefficient (Wildman–Crippen LogP) is 6.00. The normalized spacial score (nSPS) is 23.9. The predicted molar refractivity (Wildman–Crippen MR) is 174 cm³/mol. The SMILES string of the molecule is CC1N=C(COCCN2CCOCC2)C(C(=O)O)C(c2cccc(Cl)c2)C1(CCC(c1ccccc1)c1ccccc1)C(=O)O. The topological polar surface area (TPSA) is 109 Å². The molecular weight excluding hydrogens is 592 g/mol. The first-order chi connectivity index (χ1) is 21.8. The fraction of sp³-hybridized carbons (Fsp3) is 0.417. The van der Waals surface area contributed by atoms with Gasteiger partial charge in [0.05, 0.1) is 43.6 Å². The molecule has 2 heterocycles. The number of aliphatic imine (C=N–C) groups is 1. The molecule has 45 heavy (non-hydrogen) atoms. The molecule has 8 nitrogen and oxygen atoms in total. The number of benzene rings is 3. The number of carboxylic acids is 2. The molecule has 0 radical (unpaired) electrons. The van der Waals surface area contributed by atoms with Crippen LogP contribution < -0.4 is 0 Å². The van der Waals surface area contributed by atoms with E-state index in [0.29, 0.717) is 49.1 Å². The van der Waals surface area contributed by atoms with Gasteiger partial charge in [-0.25, -0.2) is 0 Å². The molecule has 4 unspecified atom stereocenters. The molecule has 3 aromatic rings. The third kappa shape index (κ3) is 7.47. The van der Waals surface area contributed by atoms with Crippen LogP contribution in [-0.4, -0.2) is 84.9 Å². The maximum atomic E-state index is 13.6. The van der Waals surface area contributed by atoms with Gasteiger partial charge in [-0.15, -0.1) is 0 Å². The minimum Gasteiger partial charge on any atom is -0.481 e. The maximum absolute atomic E-state index is 13.6. The summed E-state index contributed by atoms with van der Waals surface area (Å²) in [7, 11) is 0. The molecule has 238 valence electrons. The molecule has 2 aliphatic heterocycles. The highest BCUT2D eigenvalue weighted by Gasteiger charge is 2.58. The lowest BCUT2D eigenvalue weighted by molar-refractivity contribution is -0.156. The molecule has 0 aliphatic carbocycles. The molecule has 5 rings (SSSR count). The number of hydrogen-bond acceptors (Lipinski definition) is 6. The summed E-state index contributed by atoms with van der Waals surface area (Å²) in [5, 5.41) is 22.3. The van der Waals surface area contributed by atoms with Crippen LogP contribution in [0.2, 0.25) is 5.02 Å². The minimum absolute atomic E-state index is 0.00900. The van der Waals surface area contributed by atoms with E-state index in [0.717, 1.165) is 24.2 Å². The standard InChI is InChI=1S/C36H41ClN2O6/c1-25-36(35(42)43,16-15-30(26-9-4-2-5-10-26)27-11-6-3-7-12-27)33(28-13-8-14-29(37)23-28)32(34(40)41)31(38-25)24-45-22-19-39-17-20-44-21-18-39/h2-14,23,25,30,32-33H,15-22,24H2,1H3,(H,40,41)(H,42,43). The number of nitrogens with zero attached hydrogens (tertiary/aromatic N) is 2. The van der Waals surface area contributed by atoms with Crippen molar-refractivity contribution in [1.29, 1.82) is 0 Å². The fourth-order valence-corrected chi connectivity index (χ4v) is 7.25. The van der Waals surface area contributed by atoms with Gasteiger partial charge < -0.3 is 19.7 Å². The summed E-state index contributed by atoms with van der Waals surface area (Å²) in [4.78, 5) is 33.8. The van der Waals surface area contributed by atoms with Crippen molar-refractivity contribution < 1.29 is 29.3 Å². The average Bonchev–Trinajstić information content (AvgIpc) is 3.05. The summed E-state index contributed by atoms with van der Waals surface area (Å²) >= 11 is 6.44. The van der Waals surface area contributed by atoms with Crippen molar-refractivity contribution >= 4 is 29.3 Å². The highest BCUT2D eigenvalue weighted by molar-refractivity contribution is 6.30. The molecule has 9 heteroatoms. The summed E-state index contributed by atoms with van der Waals surface area (Å²) in [5.41, 5.74) is 1.54. The molecule has 1 fully saturated rings. The third-order valence-corrected chi connectivity index (χ3v) is 9.62. The van der Waals surface area contributed by atoms with Gasteiger partial charge in [-0.1, -0.05) is 84.4 Å². The van der Waals surface area contributed by atoms with Gasteiger partial charge in [-0.2, -0.15) is 0 Å². The van der Waals surface area contributed by atoms with Gasteiger partial charge in [0.15, 0.2) is 0 Å². The van der Waals surface area contributed by atoms with Gasteiger partial charge in [0.2, 0.25) is 0 Å². The molecule has 2 N–H and O–H groups in total. The second-order valence-corrected chi connectivity index (χ2v) is 12.3. The minimum atomic E-state index is -1.52. The zero-order valence-corrected chi connectivity index (χ0v) is 26.3. The van der Waals surface area contributed by atoms with E-state index in [1.165, 1.54) is 0 Å². The quantitative estimate of drug-likeness (QED) is 0.223. The Labute approximate surface area is 269 Å². The Bertz CT molecular complexity index is 1420. The van der Waals surface area contributed by atoms with Crippen LogP contribution in [-0.2, 0) is 19.1 Å². The Morgan fingerprint density at radius 1 is 1.00 bits per heavy atom. The van der Waals surface area contributed by atoms with Crippen LogP contribution in [0.5, 0.6) is 0 Å². The Balaban J connectivity index is 1.51. The van der Waals surface area contributed by atoms with Crippen molar-refractivity contribution in [2.45, 2.75) is 37.6 Å². The van der Waals surface area contributed by atoms with Gasteiger partial charge in [-0.3, -0.25) is 19.5 Å². The second kappa shape index (κ2) is 15.1. The van der Waals surface area contributed by atoms with E-state index in [1.807, 2.05) is 36.4 Å². The van der Waals surface area contributed by atoms with E-state index < -0.39 is 35.2 Å². The lowest BCUT2D eigenvalue weighted by Gasteiger charge is -2.47.